The highest BCUT2D eigenvalue weighted by atomic mass is 32.1. The van der Waals surface area contributed by atoms with Gasteiger partial charge in [0.15, 0.2) is 0 Å². The number of carbonyl (C=O) groups excluding carboxylic acids is 2. The molecule has 1 fully saturated rings. The number of hydrogen-bond donors (Lipinski definition) is 1. The summed E-state index contributed by atoms with van der Waals surface area (Å²) in [7, 11) is 1.50. The summed E-state index contributed by atoms with van der Waals surface area (Å²) in [5.74, 6) is -0.244. The monoisotopic (exact) mass is 373 g/mol. The lowest BCUT2D eigenvalue weighted by atomic mass is 9.97. The van der Waals surface area contributed by atoms with Crippen LogP contribution in [0.2, 0.25) is 0 Å². The minimum atomic E-state index is -0.168. The number of methoxy groups -OCH3 is 1. The van der Waals surface area contributed by atoms with E-state index in [4.69, 9.17) is 4.74 Å². The van der Waals surface area contributed by atoms with Gasteiger partial charge in [0.25, 0.3) is 0 Å². The molecule has 0 spiro atoms. The smallest absolute Gasteiger partial charge is 0.248 e. The molecule has 1 aromatic carbocycles. The Kier molecular flexibility index (Phi) is 6.35. The molecule has 1 aliphatic heterocycles. The van der Waals surface area contributed by atoms with Crippen molar-refractivity contribution in [3.63, 3.8) is 0 Å². The van der Waals surface area contributed by atoms with Crippen LogP contribution in [0.4, 0.5) is 0 Å². The lowest BCUT2D eigenvalue weighted by molar-refractivity contribution is -0.139. The quantitative estimate of drug-likeness (QED) is 0.843. The summed E-state index contributed by atoms with van der Waals surface area (Å²) in [6.45, 7) is 1.63. The highest BCUT2D eigenvalue weighted by Gasteiger charge is 2.28. The highest BCUT2D eigenvalue weighted by molar-refractivity contribution is 7.09. The molecule has 1 atom stereocenters. The number of aromatic nitrogens is 1. The molecule has 7 heteroatoms. The van der Waals surface area contributed by atoms with Crippen molar-refractivity contribution in [3.8, 4) is 11.3 Å². The van der Waals surface area contributed by atoms with Crippen LogP contribution in [0.5, 0.6) is 0 Å². The molecule has 2 heterocycles. The Balaban J connectivity index is 1.52. The van der Waals surface area contributed by atoms with Crippen LogP contribution in [0.25, 0.3) is 11.3 Å². The molecule has 0 bridgehead atoms. The summed E-state index contributed by atoms with van der Waals surface area (Å²) < 4.78 is 4.90. The highest BCUT2D eigenvalue weighted by Crippen LogP contribution is 2.22. The maximum Gasteiger partial charge on any atom is 0.248 e. The number of nitrogens with zero attached hydrogens (tertiary/aromatic N) is 2. The maximum absolute atomic E-state index is 12.5. The van der Waals surface area contributed by atoms with Gasteiger partial charge in [0, 0.05) is 31.1 Å². The molecular weight excluding hydrogens is 350 g/mol. The van der Waals surface area contributed by atoms with E-state index in [0.29, 0.717) is 19.6 Å². The third kappa shape index (κ3) is 4.68. The normalized spacial score (nSPS) is 17.1. The molecule has 3 rings (SSSR count). The first kappa shape index (κ1) is 18.5. The Morgan fingerprint density at radius 1 is 1.35 bits per heavy atom. The topological polar surface area (TPSA) is 71.5 Å². The van der Waals surface area contributed by atoms with Gasteiger partial charge in [-0.25, -0.2) is 4.98 Å². The van der Waals surface area contributed by atoms with Crippen molar-refractivity contribution in [2.45, 2.75) is 19.4 Å². The molecule has 1 aliphatic rings. The van der Waals surface area contributed by atoms with Gasteiger partial charge in [-0.2, -0.15) is 0 Å². The number of ether oxygens (including phenoxy) is 1. The lowest BCUT2D eigenvalue weighted by Gasteiger charge is -2.31. The number of piperidine rings is 1. The van der Waals surface area contributed by atoms with Crippen LogP contribution in [0.1, 0.15) is 17.8 Å². The first-order valence-corrected chi connectivity index (χ1v) is 9.59. The van der Waals surface area contributed by atoms with Gasteiger partial charge in [-0.3, -0.25) is 9.59 Å². The second-order valence-electron chi connectivity index (χ2n) is 6.32. The van der Waals surface area contributed by atoms with Gasteiger partial charge in [0.2, 0.25) is 11.8 Å². The van der Waals surface area contributed by atoms with Gasteiger partial charge in [-0.1, -0.05) is 30.3 Å². The molecule has 1 N–H and O–H groups in total. The molecule has 1 saturated heterocycles. The molecule has 0 saturated carbocycles. The first-order valence-electron chi connectivity index (χ1n) is 8.71. The minimum Gasteiger partial charge on any atom is -0.375 e. The number of hydrogen-bond acceptors (Lipinski definition) is 5. The van der Waals surface area contributed by atoms with Gasteiger partial charge in [0.05, 0.1) is 18.2 Å². The van der Waals surface area contributed by atoms with E-state index in [-0.39, 0.29) is 24.3 Å². The number of likely N-dealkylation sites (tertiary alicyclic amines) is 1. The molecule has 0 aliphatic carbocycles. The molecular formula is C19H23N3O3S. The van der Waals surface area contributed by atoms with Crippen LogP contribution in [0.15, 0.2) is 35.7 Å². The maximum atomic E-state index is 12.5. The van der Waals surface area contributed by atoms with Crippen LogP contribution >= 0.6 is 11.3 Å². The molecule has 1 aromatic heterocycles. The number of rotatable bonds is 6. The Hall–Kier alpha value is -2.25. The largest absolute Gasteiger partial charge is 0.375 e. The average molecular weight is 373 g/mol. The van der Waals surface area contributed by atoms with E-state index in [9.17, 15) is 9.59 Å². The zero-order valence-corrected chi connectivity index (χ0v) is 15.6. The van der Waals surface area contributed by atoms with Crippen molar-refractivity contribution in [3.05, 3.63) is 40.7 Å². The van der Waals surface area contributed by atoms with Crippen LogP contribution in [0, 0.1) is 5.92 Å². The fraction of sp³-hybridized carbons (Fsp3) is 0.421. The Morgan fingerprint density at radius 3 is 2.92 bits per heavy atom. The summed E-state index contributed by atoms with van der Waals surface area (Å²) >= 11 is 1.54. The predicted octanol–water partition coefficient (Wildman–Crippen LogP) is 2.31. The summed E-state index contributed by atoms with van der Waals surface area (Å²) in [4.78, 5) is 30.7. The van der Waals surface area contributed by atoms with Crippen LogP contribution in [0.3, 0.4) is 0 Å². The number of benzene rings is 1. The van der Waals surface area contributed by atoms with Gasteiger partial charge in [0.1, 0.15) is 11.6 Å². The van der Waals surface area contributed by atoms with Gasteiger partial charge in [-0.05, 0) is 12.8 Å². The standard InChI is InChI=1S/C19H23N3O3S/c1-25-12-18(23)22-9-5-8-15(11-22)19(24)20-10-17-21-16(13-26-17)14-6-3-2-4-7-14/h2-4,6-7,13,15H,5,8-12H2,1H3,(H,20,24)/t15-/m0/s1. The number of amides is 2. The molecule has 0 unspecified atom stereocenters. The second kappa shape index (κ2) is 8.91. The molecule has 2 aromatic rings. The molecule has 138 valence electrons. The third-order valence-electron chi connectivity index (χ3n) is 4.45. The van der Waals surface area contributed by atoms with Gasteiger partial charge in [-0.15, -0.1) is 11.3 Å². The van der Waals surface area contributed by atoms with E-state index >= 15 is 0 Å². The van der Waals surface area contributed by atoms with E-state index in [1.54, 1.807) is 4.90 Å². The molecule has 6 nitrogen and oxygen atoms in total. The van der Waals surface area contributed by atoms with Crippen molar-refractivity contribution < 1.29 is 14.3 Å². The summed E-state index contributed by atoms with van der Waals surface area (Å²) in [5.41, 5.74) is 2.00. The summed E-state index contributed by atoms with van der Waals surface area (Å²) in [6.07, 6.45) is 1.64. The van der Waals surface area contributed by atoms with Crippen molar-refractivity contribution in [1.29, 1.82) is 0 Å². The Labute approximate surface area is 157 Å². The zero-order valence-electron chi connectivity index (χ0n) is 14.8. The molecule has 2 amide bonds. The number of nitrogens with one attached hydrogen (secondary N) is 1. The van der Waals surface area contributed by atoms with E-state index < -0.39 is 0 Å². The lowest BCUT2D eigenvalue weighted by Crippen LogP contribution is -2.46. The van der Waals surface area contributed by atoms with Crippen molar-refractivity contribution >= 4 is 23.2 Å². The molecule has 0 radical (unpaired) electrons. The average Bonchev–Trinajstić information content (AvgIpc) is 3.16. The second-order valence-corrected chi connectivity index (χ2v) is 7.26. The van der Waals surface area contributed by atoms with E-state index in [2.05, 4.69) is 10.3 Å². The predicted molar refractivity (Wildman–Crippen MR) is 101 cm³/mol. The zero-order chi connectivity index (χ0) is 18.4. The van der Waals surface area contributed by atoms with Gasteiger partial charge < -0.3 is 15.0 Å². The number of thiazole rings is 1. The first-order chi connectivity index (χ1) is 12.7. The Morgan fingerprint density at radius 2 is 2.15 bits per heavy atom. The van der Waals surface area contributed by atoms with Crippen LogP contribution in [-0.4, -0.2) is 48.5 Å². The third-order valence-corrected chi connectivity index (χ3v) is 5.30. The summed E-state index contributed by atoms with van der Waals surface area (Å²) in [5, 5.41) is 5.84. The van der Waals surface area contributed by atoms with Crippen molar-refractivity contribution in [2.24, 2.45) is 5.92 Å². The SMILES string of the molecule is COCC(=O)N1CCC[C@H](C(=O)NCc2nc(-c3ccccc3)cs2)C1. The fourth-order valence-electron chi connectivity index (χ4n) is 3.07. The minimum absolute atomic E-state index is 0.0172. The van der Waals surface area contributed by atoms with Crippen molar-refractivity contribution in [1.82, 2.24) is 15.2 Å². The van der Waals surface area contributed by atoms with Crippen LogP contribution in [-0.2, 0) is 20.9 Å². The number of carbonyl (C=O) groups is 2. The molecule has 26 heavy (non-hydrogen) atoms. The van der Waals surface area contributed by atoms with E-state index in [1.165, 1.54) is 18.4 Å². The summed E-state index contributed by atoms with van der Waals surface area (Å²) in [6, 6.07) is 9.98. The van der Waals surface area contributed by atoms with E-state index in [1.807, 2.05) is 35.7 Å². The van der Waals surface area contributed by atoms with Crippen LogP contribution < -0.4 is 5.32 Å². The fourth-order valence-corrected chi connectivity index (χ4v) is 3.82. The van der Waals surface area contributed by atoms with E-state index in [0.717, 1.165) is 29.1 Å². The van der Waals surface area contributed by atoms with Crippen molar-refractivity contribution in [2.75, 3.05) is 26.8 Å². The Bertz CT molecular complexity index is 747. The van der Waals surface area contributed by atoms with Gasteiger partial charge >= 0.3 is 0 Å².